The number of nitrogens with zero attached hydrogens (tertiary/aromatic N) is 4. The first kappa shape index (κ1) is 15.9. The summed E-state index contributed by atoms with van der Waals surface area (Å²) in [5.74, 6) is 1.03. The number of carbonyl (C=O) groups excluding carboxylic acids is 2. The van der Waals surface area contributed by atoms with Gasteiger partial charge in [0.15, 0.2) is 0 Å². The molecule has 3 heterocycles. The molecule has 1 aliphatic heterocycles. The van der Waals surface area contributed by atoms with E-state index in [2.05, 4.69) is 4.98 Å². The largest absolute Gasteiger partial charge is 0.341 e. The van der Waals surface area contributed by atoms with Gasteiger partial charge in [-0.3, -0.25) is 9.59 Å². The van der Waals surface area contributed by atoms with Crippen LogP contribution in [0.15, 0.2) is 30.6 Å². The van der Waals surface area contributed by atoms with E-state index in [9.17, 15) is 9.59 Å². The third kappa shape index (κ3) is 2.93. The fourth-order valence-corrected chi connectivity index (χ4v) is 3.92. The molecule has 0 N–H and O–H groups in total. The van der Waals surface area contributed by atoms with Crippen molar-refractivity contribution < 1.29 is 9.59 Å². The summed E-state index contributed by atoms with van der Waals surface area (Å²) in [5, 5.41) is 0. The molecule has 3 rings (SSSR count). The lowest BCUT2D eigenvalue weighted by Gasteiger charge is -2.27. The van der Waals surface area contributed by atoms with Crippen molar-refractivity contribution in [3.8, 4) is 0 Å². The van der Waals surface area contributed by atoms with Crippen molar-refractivity contribution >= 4 is 29.2 Å². The maximum Gasteiger partial charge on any atom is 0.275 e. The maximum atomic E-state index is 12.8. The Morgan fingerprint density at radius 2 is 2.13 bits per heavy atom. The third-order valence-corrected chi connectivity index (χ3v) is 5.10. The second-order valence-electron chi connectivity index (χ2n) is 5.39. The molecule has 23 heavy (non-hydrogen) atoms. The molecule has 1 atom stereocenters. The molecule has 1 unspecified atom stereocenters. The lowest BCUT2D eigenvalue weighted by molar-refractivity contribution is -0.134. The highest BCUT2D eigenvalue weighted by Crippen LogP contribution is 2.24. The summed E-state index contributed by atoms with van der Waals surface area (Å²) < 4.78 is 1.82. The second-order valence-corrected chi connectivity index (χ2v) is 6.39. The van der Waals surface area contributed by atoms with Gasteiger partial charge in [0.25, 0.3) is 5.91 Å². The zero-order valence-electron chi connectivity index (χ0n) is 13.3. The summed E-state index contributed by atoms with van der Waals surface area (Å²) in [4.78, 5) is 33.2. The molecule has 0 bridgehead atoms. The third-order valence-electron chi connectivity index (χ3n) is 4.09. The van der Waals surface area contributed by atoms with Gasteiger partial charge >= 0.3 is 0 Å². The number of aromatic nitrogens is 2. The van der Waals surface area contributed by atoms with Gasteiger partial charge in [0.2, 0.25) is 5.91 Å². The molecule has 1 saturated heterocycles. The van der Waals surface area contributed by atoms with Gasteiger partial charge in [-0.1, -0.05) is 6.07 Å². The Morgan fingerprint density at radius 3 is 2.83 bits per heavy atom. The number of imidazole rings is 1. The van der Waals surface area contributed by atoms with Gasteiger partial charge < -0.3 is 14.2 Å². The van der Waals surface area contributed by atoms with E-state index in [0.717, 1.165) is 5.65 Å². The normalized spacial score (nSPS) is 17.7. The monoisotopic (exact) mass is 332 g/mol. The summed E-state index contributed by atoms with van der Waals surface area (Å²) in [6, 6.07) is 5.24. The SMILES string of the molecule is CCN(CC)C(=O)C1CSCN1C(=O)c1cn2ccccc2n1. The van der Waals surface area contributed by atoms with Crippen LogP contribution in [0.5, 0.6) is 0 Å². The first-order valence-electron chi connectivity index (χ1n) is 7.77. The van der Waals surface area contributed by atoms with Crippen molar-refractivity contribution in [2.24, 2.45) is 0 Å². The fourth-order valence-electron chi connectivity index (χ4n) is 2.78. The second kappa shape index (κ2) is 6.62. The highest BCUT2D eigenvalue weighted by molar-refractivity contribution is 7.99. The Morgan fingerprint density at radius 1 is 1.35 bits per heavy atom. The molecule has 1 aliphatic rings. The smallest absolute Gasteiger partial charge is 0.275 e. The summed E-state index contributed by atoms with van der Waals surface area (Å²) in [7, 11) is 0. The van der Waals surface area contributed by atoms with Crippen molar-refractivity contribution in [2.75, 3.05) is 24.7 Å². The van der Waals surface area contributed by atoms with Gasteiger partial charge in [0.05, 0.1) is 5.88 Å². The topological polar surface area (TPSA) is 57.9 Å². The van der Waals surface area contributed by atoms with Crippen LogP contribution in [-0.4, -0.2) is 61.8 Å². The van der Waals surface area contributed by atoms with Gasteiger partial charge in [-0.15, -0.1) is 11.8 Å². The number of carbonyl (C=O) groups is 2. The van der Waals surface area contributed by atoms with Gasteiger partial charge in [-0.05, 0) is 26.0 Å². The summed E-state index contributed by atoms with van der Waals surface area (Å²) >= 11 is 1.61. The molecule has 0 aromatic carbocycles. The zero-order valence-corrected chi connectivity index (χ0v) is 14.1. The van der Waals surface area contributed by atoms with Crippen LogP contribution in [0.25, 0.3) is 5.65 Å². The summed E-state index contributed by atoms with van der Waals surface area (Å²) in [6.07, 6.45) is 3.58. The number of amides is 2. The molecule has 122 valence electrons. The number of hydrogen-bond donors (Lipinski definition) is 0. The Balaban J connectivity index is 1.84. The molecule has 2 aromatic rings. The van der Waals surface area contributed by atoms with Crippen LogP contribution in [0.4, 0.5) is 0 Å². The Bertz CT molecular complexity index is 693. The average molecular weight is 332 g/mol. The Hall–Kier alpha value is -2.02. The quantitative estimate of drug-likeness (QED) is 0.855. The van der Waals surface area contributed by atoms with E-state index in [0.29, 0.717) is 30.4 Å². The van der Waals surface area contributed by atoms with Crippen LogP contribution in [0.3, 0.4) is 0 Å². The van der Waals surface area contributed by atoms with E-state index in [1.807, 2.05) is 42.6 Å². The van der Waals surface area contributed by atoms with E-state index < -0.39 is 6.04 Å². The van der Waals surface area contributed by atoms with Gasteiger partial charge in [0.1, 0.15) is 17.4 Å². The highest BCUT2D eigenvalue weighted by Gasteiger charge is 2.37. The molecule has 0 aliphatic carbocycles. The van der Waals surface area contributed by atoms with Crippen LogP contribution in [-0.2, 0) is 4.79 Å². The molecule has 0 saturated carbocycles. The van der Waals surface area contributed by atoms with Crippen LogP contribution >= 0.6 is 11.8 Å². The zero-order chi connectivity index (χ0) is 16.4. The number of hydrogen-bond acceptors (Lipinski definition) is 4. The van der Waals surface area contributed by atoms with Crippen molar-refractivity contribution in [3.63, 3.8) is 0 Å². The lowest BCUT2D eigenvalue weighted by Crippen LogP contribution is -2.49. The Kier molecular flexibility index (Phi) is 4.56. The minimum Gasteiger partial charge on any atom is -0.341 e. The molecular formula is C16H20N4O2S. The molecule has 6 nitrogen and oxygen atoms in total. The standard InChI is InChI=1S/C16H20N4O2S/c1-3-18(4-2)16(22)13-10-23-11-20(13)15(21)12-9-19-8-6-5-7-14(19)17-12/h5-9,13H,3-4,10-11H2,1-2H3. The Labute approximate surface area is 139 Å². The van der Waals surface area contributed by atoms with Gasteiger partial charge in [-0.25, -0.2) is 4.98 Å². The first-order valence-corrected chi connectivity index (χ1v) is 8.92. The lowest BCUT2D eigenvalue weighted by atomic mass is 10.2. The van der Waals surface area contributed by atoms with E-state index in [4.69, 9.17) is 0 Å². The number of thioether (sulfide) groups is 1. The fraction of sp³-hybridized carbons (Fsp3) is 0.438. The molecule has 0 spiro atoms. The number of likely N-dealkylation sites (N-methyl/N-ethyl adjacent to an activating group) is 1. The predicted molar refractivity (Wildman–Crippen MR) is 90.4 cm³/mol. The number of rotatable bonds is 4. The van der Waals surface area contributed by atoms with Gasteiger partial charge in [0, 0.05) is 31.2 Å². The van der Waals surface area contributed by atoms with Crippen LogP contribution < -0.4 is 0 Å². The summed E-state index contributed by atoms with van der Waals surface area (Å²) in [5.41, 5.74) is 1.12. The van der Waals surface area contributed by atoms with Crippen molar-refractivity contribution in [3.05, 3.63) is 36.3 Å². The predicted octanol–water partition coefficient (Wildman–Crippen LogP) is 1.72. The van der Waals surface area contributed by atoms with Crippen molar-refractivity contribution in [2.45, 2.75) is 19.9 Å². The number of pyridine rings is 1. The molecule has 1 fully saturated rings. The minimum absolute atomic E-state index is 0.0251. The van der Waals surface area contributed by atoms with Crippen molar-refractivity contribution in [1.29, 1.82) is 0 Å². The van der Waals surface area contributed by atoms with E-state index in [1.54, 1.807) is 27.8 Å². The van der Waals surface area contributed by atoms with Crippen molar-refractivity contribution in [1.82, 2.24) is 19.2 Å². The molecule has 2 amide bonds. The van der Waals surface area contributed by atoms with Crippen LogP contribution in [0.2, 0.25) is 0 Å². The molecule has 2 aromatic heterocycles. The van der Waals surface area contributed by atoms with E-state index in [1.165, 1.54) is 0 Å². The average Bonchev–Trinajstić information content (AvgIpc) is 3.21. The molecular weight excluding hydrogens is 312 g/mol. The van der Waals surface area contributed by atoms with Crippen LogP contribution in [0, 0.1) is 0 Å². The van der Waals surface area contributed by atoms with E-state index in [-0.39, 0.29) is 11.8 Å². The summed E-state index contributed by atoms with van der Waals surface area (Å²) in [6.45, 7) is 5.23. The highest BCUT2D eigenvalue weighted by atomic mass is 32.2. The molecule has 7 heteroatoms. The number of fused-ring (bicyclic) bond motifs is 1. The van der Waals surface area contributed by atoms with Crippen LogP contribution in [0.1, 0.15) is 24.3 Å². The molecule has 0 radical (unpaired) electrons. The maximum absolute atomic E-state index is 12.8. The van der Waals surface area contributed by atoms with Gasteiger partial charge in [-0.2, -0.15) is 0 Å². The minimum atomic E-state index is -0.391. The first-order chi connectivity index (χ1) is 11.2. The van der Waals surface area contributed by atoms with E-state index >= 15 is 0 Å².